The van der Waals surface area contributed by atoms with E-state index in [1.54, 1.807) is 0 Å². The molecule has 8 nitrogen and oxygen atoms in total. The molecule has 0 unspecified atom stereocenters. The number of fused-ring (bicyclic) bond motifs is 1. The highest BCUT2D eigenvalue weighted by Crippen LogP contribution is 2.04. The molecule has 3 aromatic heterocycles. The molecule has 0 radical (unpaired) electrons. The van der Waals surface area contributed by atoms with Gasteiger partial charge in [-0.2, -0.15) is 5.10 Å². The first kappa shape index (κ1) is 20.1. The van der Waals surface area contributed by atoms with E-state index in [2.05, 4.69) is 44.0 Å². The van der Waals surface area contributed by atoms with E-state index in [9.17, 15) is 0 Å². The van der Waals surface area contributed by atoms with E-state index in [1.165, 1.54) is 5.56 Å². The lowest BCUT2D eigenvalue weighted by atomic mass is 10.2. The van der Waals surface area contributed by atoms with Crippen molar-refractivity contribution in [3.8, 4) is 0 Å². The van der Waals surface area contributed by atoms with Crippen molar-refractivity contribution >= 4 is 35.6 Å². The van der Waals surface area contributed by atoms with Crippen LogP contribution in [0.15, 0.2) is 41.8 Å². The van der Waals surface area contributed by atoms with Gasteiger partial charge in [0.05, 0.1) is 6.20 Å². The molecule has 0 aliphatic carbocycles. The Hall–Kier alpha value is -2.17. The molecule has 0 saturated carbocycles. The topological polar surface area (TPSA) is 84.4 Å². The van der Waals surface area contributed by atoms with Crippen LogP contribution in [0.5, 0.6) is 0 Å². The Balaban J connectivity index is 0.00000243. The van der Waals surface area contributed by atoms with E-state index in [4.69, 9.17) is 0 Å². The Kier molecular flexibility index (Phi) is 7.82. The molecule has 140 valence electrons. The summed E-state index contributed by atoms with van der Waals surface area (Å²) in [6.07, 6.45) is 7.93. The lowest BCUT2D eigenvalue weighted by Crippen LogP contribution is -2.37. The summed E-state index contributed by atoms with van der Waals surface area (Å²) >= 11 is 0. The minimum atomic E-state index is 0. The van der Waals surface area contributed by atoms with Crippen molar-refractivity contribution in [2.45, 2.75) is 26.3 Å². The van der Waals surface area contributed by atoms with Crippen LogP contribution in [0.2, 0.25) is 0 Å². The third kappa shape index (κ3) is 5.41. The van der Waals surface area contributed by atoms with Gasteiger partial charge in [-0.05, 0) is 37.5 Å². The standard InChI is InChI=1S/C17H24N8.HI/c1-3-18-17(19-9-6-7-14-11-21-24(2)13-14)20-12-16-23-22-15-8-4-5-10-25(15)16;/h4-5,8,10-11,13H,3,6-7,9,12H2,1-2H3,(H2,18,19,20);1H. The summed E-state index contributed by atoms with van der Waals surface area (Å²) in [6, 6.07) is 5.85. The van der Waals surface area contributed by atoms with Crippen molar-refractivity contribution in [3.05, 3.63) is 48.2 Å². The Morgan fingerprint density at radius 3 is 2.88 bits per heavy atom. The maximum Gasteiger partial charge on any atom is 0.191 e. The third-order valence-corrected chi connectivity index (χ3v) is 3.80. The molecule has 26 heavy (non-hydrogen) atoms. The van der Waals surface area contributed by atoms with Crippen LogP contribution in [0.1, 0.15) is 24.7 Å². The molecule has 0 bridgehead atoms. The van der Waals surface area contributed by atoms with Gasteiger partial charge < -0.3 is 10.6 Å². The highest BCUT2D eigenvalue weighted by molar-refractivity contribution is 14.0. The molecule has 9 heteroatoms. The Labute approximate surface area is 170 Å². The zero-order chi connectivity index (χ0) is 17.5. The lowest BCUT2D eigenvalue weighted by molar-refractivity contribution is 0.737. The van der Waals surface area contributed by atoms with Crippen LogP contribution in [0.3, 0.4) is 0 Å². The summed E-state index contributed by atoms with van der Waals surface area (Å²) in [7, 11) is 1.94. The van der Waals surface area contributed by atoms with E-state index in [0.717, 1.165) is 43.4 Å². The quantitative estimate of drug-likeness (QED) is 0.239. The van der Waals surface area contributed by atoms with Crippen LogP contribution in [-0.4, -0.2) is 43.4 Å². The molecule has 0 amide bonds. The molecule has 0 fully saturated rings. The number of nitrogens with one attached hydrogen (secondary N) is 2. The predicted octanol–water partition coefficient (Wildman–Crippen LogP) is 1.77. The zero-order valence-corrected chi connectivity index (χ0v) is 17.4. The number of rotatable bonds is 7. The highest BCUT2D eigenvalue weighted by atomic mass is 127. The fourth-order valence-electron chi connectivity index (χ4n) is 2.59. The van der Waals surface area contributed by atoms with Crippen LogP contribution in [0.4, 0.5) is 0 Å². The van der Waals surface area contributed by atoms with E-state index in [1.807, 2.05) is 46.7 Å². The number of aromatic nitrogens is 5. The van der Waals surface area contributed by atoms with Crippen molar-refractivity contribution in [3.63, 3.8) is 0 Å². The monoisotopic (exact) mass is 468 g/mol. The van der Waals surface area contributed by atoms with E-state index >= 15 is 0 Å². The van der Waals surface area contributed by atoms with Crippen molar-refractivity contribution < 1.29 is 0 Å². The van der Waals surface area contributed by atoms with E-state index < -0.39 is 0 Å². The van der Waals surface area contributed by atoms with Gasteiger partial charge in [0.25, 0.3) is 0 Å². The van der Waals surface area contributed by atoms with Gasteiger partial charge in [-0.3, -0.25) is 9.08 Å². The van der Waals surface area contributed by atoms with E-state index in [0.29, 0.717) is 6.54 Å². The van der Waals surface area contributed by atoms with Gasteiger partial charge in [0, 0.05) is 32.5 Å². The molecular weight excluding hydrogens is 443 g/mol. The normalized spacial score (nSPS) is 11.4. The molecule has 0 aliphatic heterocycles. The second-order valence-electron chi connectivity index (χ2n) is 5.79. The van der Waals surface area contributed by atoms with Crippen molar-refractivity contribution in [2.24, 2.45) is 12.0 Å². The molecule has 0 aliphatic rings. The summed E-state index contributed by atoms with van der Waals surface area (Å²) in [5.74, 6) is 1.62. The fraction of sp³-hybridized carbons (Fsp3) is 0.412. The number of nitrogens with zero attached hydrogens (tertiary/aromatic N) is 6. The SMILES string of the molecule is CCNC(=NCc1nnc2ccccn12)NCCCc1cnn(C)c1.I. The second kappa shape index (κ2) is 10.1. The number of halogens is 1. The molecule has 0 aromatic carbocycles. The average Bonchev–Trinajstić information content (AvgIpc) is 3.22. The summed E-state index contributed by atoms with van der Waals surface area (Å²) in [6.45, 7) is 4.19. The van der Waals surface area contributed by atoms with Gasteiger partial charge in [0.1, 0.15) is 6.54 Å². The van der Waals surface area contributed by atoms with Gasteiger partial charge in [0.15, 0.2) is 17.4 Å². The van der Waals surface area contributed by atoms with Gasteiger partial charge in [-0.1, -0.05) is 6.07 Å². The Morgan fingerprint density at radius 2 is 2.12 bits per heavy atom. The molecule has 3 rings (SSSR count). The Morgan fingerprint density at radius 1 is 1.23 bits per heavy atom. The first-order valence-corrected chi connectivity index (χ1v) is 8.54. The molecule has 3 heterocycles. The largest absolute Gasteiger partial charge is 0.357 e. The van der Waals surface area contributed by atoms with Gasteiger partial charge in [-0.15, -0.1) is 34.2 Å². The number of hydrogen-bond acceptors (Lipinski definition) is 4. The van der Waals surface area contributed by atoms with Crippen LogP contribution in [0.25, 0.3) is 5.65 Å². The van der Waals surface area contributed by atoms with Crippen molar-refractivity contribution in [1.82, 2.24) is 35.0 Å². The first-order valence-electron chi connectivity index (χ1n) is 8.54. The van der Waals surface area contributed by atoms with Crippen molar-refractivity contribution in [1.29, 1.82) is 0 Å². The van der Waals surface area contributed by atoms with Gasteiger partial charge in [-0.25, -0.2) is 4.99 Å². The van der Waals surface area contributed by atoms with Gasteiger partial charge >= 0.3 is 0 Å². The number of aryl methyl sites for hydroxylation is 2. The summed E-state index contributed by atoms with van der Waals surface area (Å²) in [5, 5.41) is 19.2. The lowest BCUT2D eigenvalue weighted by Gasteiger charge is -2.10. The van der Waals surface area contributed by atoms with Gasteiger partial charge in [0.2, 0.25) is 0 Å². The molecule has 3 aromatic rings. The predicted molar refractivity (Wildman–Crippen MR) is 113 cm³/mol. The minimum absolute atomic E-state index is 0. The molecule has 0 saturated heterocycles. The Bertz CT molecular complexity index is 838. The van der Waals surface area contributed by atoms with Crippen molar-refractivity contribution in [2.75, 3.05) is 13.1 Å². The average molecular weight is 468 g/mol. The third-order valence-electron chi connectivity index (χ3n) is 3.80. The number of hydrogen-bond donors (Lipinski definition) is 2. The first-order chi connectivity index (χ1) is 12.3. The smallest absolute Gasteiger partial charge is 0.191 e. The van der Waals surface area contributed by atoms with Crippen LogP contribution >= 0.6 is 24.0 Å². The van der Waals surface area contributed by atoms with Crippen LogP contribution < -0.4 is 10.6 Å². The number of pyridine rings is 1. The van der Waals surface area contributed by atoms with Crippen LogP contribution in [-0.2, 0) is 20.0 Å². The maximum absolute atomic E-state index is 4.61. The minimum Gasteiger partial charge on any atom is -0.357 e. The second-order valence-corrected chi connectivity index (χ2v) is 5.79. The molecule has 0 spiro atoms. The number of guanidine groups is 1. The number of aliphatic imine (C=N–C) groups is 1. The summed E-state index contributed by atoms with van der Waals surface area (Å²) in [5.41, 5.74) is 2.09. The maximum atomic E-state index is 4.61. The van der Waals surface area contributed by atoms with E-state index in [-0.39, 0.29) is 24.0 Å². The summed E-state index contributed by atoms with van der Waals surface area (Å²) in [4.78, 5) is 4.61. The zero-order valence-electron chi connectivity index (χ0n) is 15.1. The molecular formula is C17H25IN8. The molecule has 2 N–H and O–H groups in total. The highest BCUT2D eigenvalue weighted by Gasteiger charge is 2.04. The fourth-order valence-corrected chi connectivity index (χ4v) is 2.59. The molecule has 0 atom stereocenters. The van der Waals surface area contributed by atoms with Crippen LogP contribution in [0, 0.1) is 0 Å². The summed E-state index contributed by atoms with van der Waals surface area (Å²) < 4.78 is 3.78.